The number of nitrogens with zero attached hydrogens (tertiary/aromatic N) is 5. The molecule has 36 heavy (non-hydrogen) atoms. The summed E-state index contributed by atoms with van der Waals surface area (Å²) in [4.78, 5) is 30.3. The van der Waals surface area contributed by atoms with Crippen molar-refractivity contribution in [3.63, 3.8) is 0 Å². The molecule has 1 N–H and O–H groups in total. The lowest BCUT2D eigenvalue weighted by molar-refractivity contribution is -0.138. The fourth-order valence-corrected chi connectivity index (χ4v) is 5.76. The summed E-state index contributed by atoms with van der Waals surface area (Å²) in [5.74, 6) is 0.882. The summed E-state index contributed by atoms with van der Waals surface area (Å²) in [6, 6.07) is 14.9. The number of aromatic amines is 1. The Morgan fingerprint density at radius 3 is 2.56 bits per heavy atom. The minimum Gasteiger partial charge on any atom is -0.364 e. The molecule has 2 aliphatic heterocycles. The van der Waals surface area contributed by atoms with Gasteiger partial charge in [0.05, 0.1) is 11.0 Å². The molecule has 3 aromatic heterocycles. The van der Waals surface area contributed by atoms with Crippen LogP contribution in [0.4, 0.5) is 4.39 Å². The summed E-state index contributed by atoms with van der Waals surface area (Å²) in [7, 11) is 0. The average Bonchev–Trinajstić information content (AvgIpc) is 3.57. The molecule has 0 atom stereocenters. The molecule has 6 rings (SSSR count). The second-order valence-corrected chi connectivity index (χ2v) is 9.96. The topological polar surface area (TPSA) is 70.1 Å². The van der Waals surface area contributed by atoms with E-state index in [1.165, 1.54) is 17.8 Å². The first-order valence-electron chi connectivity index (χ1n) is 12.9. The van der Waals surface area contributed by atoms with Crippen LogP contribution in [0.1, 0.15) is 37.4 Å². The Hall–Kier alpha value is -3.52. The third kappa shape index (κ3) is 4.53. The number of piperidine rings is 2. The molecule has 0 radical (unpaired) electrons. The van der Waals surface area contributed by atoms with Gasteiger partial charge in [-0.05, 0) is 75.2 Å². The van der Waals surface area contributed by atoms with Crippen LogP contribution in [0.5, 0.6) is 0 Å². The van der Waals surface area contributed by atoms with E-state index in [1.54, 1.807) is 6.20 Å². The van der Waals surface area contributed by atoms with Crippen molar-refractivity contribution in [3.05, 3.63) is 72.4 Å². The Labute approximate surface area is 210 Å². The normalized spacial score (nSPS) is 18.2. The van der Waals surface area contributed by atoms with Gasteiger partial charge >= 0.3 is 0 Å². The van der Waals surface area contributed by atoms with Crippen LogP contribution >= 0.6 is 0 Å². The van der Waals surface area contributed by atoms with Crippen LogP contribution in [0.25, 0.3) is 22.6 Å². The second-order valence-electron chi connectivity index (χ2n) is 9.96. The zero-order valence-corrected chi connectivity index (χ0v) is 20.3. The van der Waals surface area contributed by atoms with Gasteiger partial charge in [0.2, 0.25) is 5.91 Å². The van der Waals surface area contributed by atoms with E-state index in [-0.39, 0.29) is 17.8 Å². The molecule has 4 aromatic rings. The molecule has 5 heterocycles. The maximum absolute atomic E-state index is 13.9. The highest BCUT2D eigenvalue weighted by Crippen LogP contribution is 2.34. The van der Waals surface area contributed by atoms with Crippen LogP contribution in [-0.4, -0.2) is 61.4 Å². The Morgan fingerprint density at radius 1 is 1.00 bits per heavy atom. The van der Waals surface area contributed by atoms with E-state index >= 15 is 0 Å². The number of pyridine rings is 1. The van der Waals surface area contributed by atoms with Gasteiger partial charge in [-0.1, -0.05) is 6.07 Å². The van der Waals surface area contributed by atoms with Crippen molar-refractivity contribution in [1.82, 2.24) is 29.3 Å². The van der Waals surface area contributed by atoms with Crippen molar-refractivity contribution < 1.29 is 9.18 Å². The first-order chi connectivity index (χ1) is 17.7. The third-order valence-electron chi connectivity index (χ3n) is 7.68. The van der Waals surface area contributed by atoms with Crippen LogP contribution in [-0.2, 0) is 11.3 Å². The summed E-state index contributed by atoms with van der Waals surface area (Å²) in [5, 5.41) is 0. The molecule has 2 fully saturated rings. The number of benzene rings is 1. The van der Waals surface area contributed by atoms with Crippen molar-refractivity contribution in [3.8, 4) is 11.5 Å². The number of nitrogens with one attached hydrogen (secondary N) is 1. The Bertz CT molecular complexity index is 1320. The van der Waals surface area contributed by atoms with Crippen molar-refractivity contribution in [2.24, 2.45) is 5.92 Å². The van der Waals surface area contributed by atoms with Crippen LogP contribution in [0.2, 0.25) is 0 Å². The smallest absolute Gasteiger partial charge is 0.225 e. The van der Waals surface area contributed by atoms with E-state index in [2.05, 4.69) is 30.4 Å². The quantitative estimate of drug-likeness (QED) is 0.446. The van der Waals surface area contributed by atoms with E-state index in [1.807, 2.05) is 36.5 Å². The number of H-pyrrole nitrogens is 1. The van der Waals surface area contributed by atoms with Crippen LogP contribution in [0.15, 0.2) is 60.9 Å². The molecular weight excluding hydrogens is 455 g/mol. The number of carbonyl (C=O) groups excluding carboxylic acids is 1. The van der Waals surface area contributed by atoms with Crippen molar-refractivity contribution in [1.29, 1.82) is 0 Å². The number of rotatable bonds is 5. The number of carbonyl (C=O) groups is 1. The molecule has 0 spiro atoms. The first kappa shape index (κ1) is 22.9. The van der Waals surface area contributed by atoms with E-state index < -0.39 is 0 Å². The van der Waals surface area contributed by atoms with Gasteiger partial charge in [-0.25, -0.2) is 9.37 Å². The van der Waals surface area contributed by atoms with Gasteiger partial charge in [0, 0.05) is 55.7 Å². The van der Waals surface area contributed by atoms with Crippen LogP contribution in [0.3, 0.4) is 0 Å². The maximum Gasteiger partial charge on any atom is 0.225 e. The molecule has 0 bridgehead atoms. The molecule has 0 aliphatic carbocycles. The van der Waals surface area contributed by atoms with E-state index in [9.17, 15) is 9.18 Å². The maximum atomic E-state index is 13.9. The van der Waals surface area contributed by atoms with Gasteiger partial charge < -0.3 is 14.5 Å². The lowest BCUT2D eigenvalue weighted by atomic mass is 9.93. The summed E-state index contributed by atoms with van der Waals surface area (Å²) in [6.45, 7) is 4.29. The molecule has 186 valence electrons. The van der Waals surface area contributed by atoms with Crippen molar-refractivity contribution in [2.45, 2.75) is 38.3 Å². The van der Waals surface area contributed by atoms with Gasteiger partial charge in [-0.3, -0.25) is 14.7 Å². The standard InChI is InChI=1S/C28H31FN6O/c29-21-6-7-26-25(18-21)32-27(24-5-1-2-12-31-24)35(26)23-10-16-34(17-11-23)28(36)20-8-14-33(15-9-20)19-22-4-3-13-30-22/h1-7,12-13,18,20,23,30H,8-11,14-17,19H2. The Balaban J connectivity index is 1.13. The highest BCUT2D eigenvalue weighted by atomic mass is 19.1. The Kier molecular flexibility index (Phi) is 6.27. The number of hydrogen-bond donors (Lipinski definition) is 1. The van der Waals surface area contributed by atoms with E-state index in [0.717, 1.165) is 75.4 Å². The monoisotopic (exact) mass is 486 g/mol. The molecule has 2 saturated heterocycles. The lowest BCUT2D eigenvalue weighted by Gasteiger charge is -2.38. The summed E-state index contributed by atoms with van der Waals surface area (Å²) in [5.41, 5.74) is 3.55. The number of likely N-dealkylation sites (tertiary alicyclic amines) is 2. The number of amides is 1. The predicted molar refractivity (Wildman–Crippen MR) is 137 cm³/mol. The fourth-order valence-electron chi connectivity index (χ4n) is 5.76. The number of fused-ring (bicyclic) bond motifs is 1. The fraction of sp³-hybridized carbons (Fsp3) is 0.393. The molecule has 7 nitrogen and oxygen atoms in total. The van der Waals surface area contributed by atoms with Gasteiger partial charge in [0.25, 0.3) is 0 Å². The summed E-state index contributed by atoms with van der Waals surface area (Å²) < 4.78 is 16.2. The van der Waals surface area contributed by atoms with Gasteiger partial charge in [0.15, 0.2) is 5.82 Å². The van der Waals surface area contributed by atoms with Gasteiger partial charge in [-0.2, -0.15) is 0 Å². The average molecular weight is 487 g/mol. The molecule has 1 aromatic carbocycles. The zero-order valence-electron chi connectivity index (χ0n) is 20.3. The molecule has 0 unspecified atom stereocenters. The number of imidazole rings is 1. The predicted octanol–water partition coefficient (Wildman–Crippen LogP) is 4.64. The number of halogens is 1. The van der Waals surface area contributed by atoms with Crippen molar-refractivity contribution in [2.75, 3.05) is 26.2 Å². The molecule has 8 heteroatoms. The van der Waals surface area contributed by atoms with Gasteiger partial charge in [0.1, 0.15) is 11.5 Å². The number of hydrogen-bond acceptors (Lipinski definition) is 4. The zero-order chi connectivity index (χ0) is 24.5. The minimum absolute atomic E-state index is 0.113. The highest BCUT2D eigenvalue weighted by molar-refractivity contribution is 5.81. The Morgan fingerprint density at radius 2 is 1.83 bits per heavy atom. The minimum atomic E-state index is -0.293. The highest BCUT2D eigenvalue weighted by Gasteiger charge is 2.32. The molecule has 0 saturated carbocycles. The lowest BCUT2D eigenvalue weighted by Crippen LogP contribution is -2.45. The second kappa shape index (κ2) is 9.85. The largest absolute Gasteiger partial charge is 0.364 e. The first-order valence-corrected chi connectivity index (χ1v) is 12.9. The summed E-state index contributed by atoms with van der Waals surface area (Å²) >= 11 is 0. The summed E-state index contributed by atoms with van der Waals surface area (Å²) in [6.07, 6.45) is 7.24. The van der Waals surface area contributed by atoms with Gasteiger partial charge in [-0.15, -0.1) is 0 Å². The van der Waals surface area contributed by atoms with E-state index in [0.29, 0.717) is 11.4 Å². The molecule has 1 amide bonds. The number of aromatic nitrogens is 4. The van der Waals surface area contributed by atoms with E-state index in [4.69, 9.17) is 4.98 Å². The molecule has 2 aliphatic rings. The van der Waals surface area contributed by atoms with Crippen molar-refractivity contribution >= 4 is 16.9 Å². The van der Waals surface area contributed by atoms with Crippen LogP contribution in [0, 0.1) is 11.7 Å². The van der Waals surface area contributed by atoms with Crippen LogP contribution < -0.4 is 0 Å². The third-order valence-corrected chi connectivity index (χ3v) is 7.68. The molecular formula is C28H31FN6O. The SMILES string of the molecule is O=C(C1CCN(Cc2ccc[nH]2)CC1)N1CCC(n2c(-c3ccccn3)nc3cc(F)ccc32)CC1.